The zero-order valence-corrected chi connectivity index (χ0v) is 11.0. The van der Waals surface area contributed by atoms with Crippen LogP contribution in [0.25, 0.3) is 0 Å². The lowest BCUT2D eigenvalue weighted by molar-refractivity contribution is 0.0649. The molecule has 0 radical (unpaired) electrons. The van der Waals surface area contributed by atoms with E-state index in [1.165, 1.54) is 9.78 Å². The van der Waals surface area contributed by atoms with Gasteiger partial charge in [-0.3, -0.25) is 4.79 Å². The molecule has 0 unspecified atom stereocenters. The first-order valence-corrected chi connectivity index (χ1v) is 6.43. The first-order valence-electron chi connectivity index (χ1n) is 5.56. The van der Waals surface area contributed by atoms with Crippen molar-refractivity contribution in [3.05, 3.63) is 39.9 Å². The molecular formula is C12H12N2O4S. The van der Waals surface area contributed by atoms with Crippen LogP contribution in [0.2, 0.25) is 0 Å². The monoisotopic (exact) mass is 280 g/mol. The van der Waals surface area contributed by atoms with Gasteiger partial charge in [0.05, 0.1) is 0 Å². The van der Waals surface area contributed by atoms with E-state index < -0.39 is 5.97 Å². The highest BCUT2D eigenvalue weighted by Gasteiger charge is 2.19. The Bertz CT molecular complexity index is 576. The fraction of sp³-hybridized carbons (Fsp3) is 0.250. The Kier molecular flexibility index (Phi) is 3.96. The van der Waals surface area contributed by atoms with Crippen molar-refractivity contribution in [1.29, 1.82) is 0 Å². The van der Waals surface area contributed by atoms with E-state index in [2.05, 4.69) is 9.68 Å². The second kappa shape index (κ2) is 5.66. The predicted octanol–water partition coefficient (Wildman–Crippen LogP) is 1.75. The molecule has 0 aliphatic heterocycles. The Labute approximate surface area is 113 Å². The molecular weight excluding hydrogens is 268 g/mol. The van der Waals surface area contributed by atoms with Crippen molar-refractivity contribution >= 4 is 23.2 Å². The topological polar surface area (TPSA) is 83.6 Å². The lowest BCUT2D eigenvalue weighted by atomic mass is 10.3. The molecule has 2 heterocycles. The Morgan fingerprint density at radius 3 is 2.89 bits per heavy atom. The fourth-order valence-corrected chi connectivity index (χ4v) is 2.20. The van der Waals surface area contributed by atoms with Gasteiger partial charge in [-0.05, 0) is 17.9 Å². The van der Waals surface area contributed by atoms with Crippen LogP contribution in [0, 0.1) is 0 Å². The second-order valence-electron chi connectivity index (χ2n) is 3.94. The van der Waals surface area contributed by atoms with Crippen LogP contribution in [-0.4, -0.2) is 40.6 Å². The zero-order chi connectivity index (χ0) is 13.8. The van der Waals surface area contributed by atoms with Gasteiger partial charge in [0, 0.05) is 24.5 Å². The van der Waals surface area contributed by atoms with Crippen molar-refractivity contribution < 1.29 is 19.2 Å². The molecule has 0 aliphatic carbocycles. The van der Waals surface area contributed by atoms with Gasteiger partial charge in [0.15, 0.2) is 5.69 Å². The number of carbonyl (C=O) groups is 2. The standard InChI is InChI=1S/C12H12N2O4S/c1-14(5-4-8-3-2-6-19-8)11(15)9-7-10(12(16)17)18-13-9/h2-3,6-7H,4-5H2,1H3,(H,16,17). The number of carbonyl (C=O) groups excluding carboxylic acids is 1. The zero-order valence-electron chi connectivity index (χ0n) is 10.2. The third-order valence-corrected chi connectivity index (χ3v) is 3.50. The van der Waals surface area contributed by atoms with E-state index in [1.54, 1.807) is 18.4 Å². The van der Waals surface area contributed by atoms with Gasteiger partial charge < -0.3 is 14.5 Å². The number of nitrogens with zero attached hydrogens (tertiary/aromatic N) is 2. The van der Waals surface area contributed by atoms with Crippen molar-refractivity contribution in [2.45, 2.75) is 6.42 Å². The van der Waals surface area contributed by atoms with Crippen molar-refractivity contribution in [3.8, 4) is 0 Å². The minimum atomic E-state index is -1.24. The summed E-state index contributed by atoms with van der Waals surface area (Å²) in [7, 11) is 1.64. The molecule has 6 nitrogen and oxygen atoms in total. The highest BCUT2D eigenvalue weighted by molar-refractivity contribution is 7.09. The number of amides is 1. The normalized spacial score (nSPS) is 10.4. The second-order valence-corrected chi connectivity index (χ2v) is 4.97. The summed E-state index contributed by atoms with van der Waals surface area (Å²) in [5.41, 5.74) is 0.00563. The summed E-state index contributed by atoms with van der Waals surface area (Å²) in [6.07, 6.45) is 0.754. The van der Waals surface area contributed by atoms with Gasteiger partial charge in [-0.1, -0.05) is 11.2 Å². The van der Waals surface area contributed by atoms with Crippen molar-refractivity contribution in [1.82, 2.24) is 10.1 Å². The summed E-state index contributed by atoms with van der Waals surface area (Å²) < 4.78 is 4.55. The van der Waals surface area contributed by atoms with E-state index in [9.17, 15) is 9.59 Å². The van der Waals surface area contributed by atoms with Crippen LogP contribution < -0.4 is 0 Å². The van der Waals surface area contributed by atoms with Crippen LogP contribution in [-0.2, 0) is 6.42 Å². The maximum absolute atomic E-state index is 12.0. The highest BCUT2D eigenvalue weighted by Crippen LogP contribution is 2.11. The van der Waals surface area contributed by atoms with E-state index in [4.69, 9.17) is 5.11 Å². The number of likely N-dealkylation sites (N-methyl/N-ethyl adjacent to an activating group) is 1. The predicted molar refractivity (Wildman–Crippen MR) is 68.4 cm³/mol. The van der Waals surface area contributed by atoms with Gasteiger partial charge in [-0.15, -0.1) is 11.3 Å². The summed E-state index contributed by atoms with van der Waals surface area (Å²) >= 11 is 1.63. The number of carboxylic acids is 1. The van der Waals surface area contributed by atoms with Crippen LogP contribution in [0.1, 0.15) is 25.9 Å². The third kappa shape index (κ3) is 3.19. The van der Waals surface area contributed by atoms with E-state index in [0.29, 0.717) is 6.54 Å². The Morgan fingerprint density at radius 2 is 2.32 bits per heavy atom. The Balaban J connectivity index is 1.96. The molecule has 0 saturated heterocycles. The molecule has 7 heteroatoms. The number of aromatic nitrogens is 1. The molecule has 2 rings (SSSR count). The average molecular weight is 280 g/mol. The van der Waals surface area contributed by atoms with Crippen molar-refractivity contribution in [2.75, 3.05) is 13.6 Å². The smallest absolute Gasteiger partial charge is 0.374 e. The molecule has 2 aromatic rings. The molecule has 0 bridgehead atoms. The number of carboxylic acid groups (broad SMARTS) is 1. The number of thiophene rings is 1. The molecule has 19 heavy (non-hydrogen) atoms. The van der Waals surface area contributed by atoms with Crippen LogP contribution in [0.3, 0.4) is 0 Å². The lowest BCUT2D eigenvalue weighted by Crippen LogP contribution is -2.28. The van der Waals surface area contributed by atoms with Crippen LogP contribution >= 0.6 is 11.3 Å². The van der Waals surface area contributed by atoms with Crippen molar-refractivity contribution in [2.24, 2.45) is 0 Å². The maximum Gasteiger partial charge on any atom is 0.374 e. The number of hydrogen-bond acceptors (Lipinski definition) is 5. The van der Waals surface area contributed by atoms with E-state index in [0.717, 1.165) is 12.5 Å². The Morgan fingerprint density at radius 1 is 1.53 bits per heavy atom. The molecule has 1 N–H and O–H groups in total. The van der Waals surface area contributed by atoms with Gasteiger partial charge in [0.2, 0.25) is 5.76 Å². The summed E-state index contributed by atoms with van der Waals surface area (Å²) in [5.74, 6) is -1.93. The van der Waals surface area contributed by atoms with E-state index in [-0.39, 0.29) is 17.4 Å². The summed E-state index contributed by atoms with van der Waals surface area (Å²) in [4.78, 5) is 25.3. The van der Waals surface area contributed by atoms with Crippen LogP contribution in [0.5, 0.6) is 0 Å². The number of hydrogen-bond donors (Lipinski definition) is 1. The Hall–Kier alpha value is -2.15. The molecule has 1 amide bonds. The third-order valence-electron chi connectivity index (χ3n) is 2.56. The quantitative estimate of drug-likeness (QED) is 0.902. The van der Waals surface area contributed by atoms with Gasteiger partial charge in [-0.25, -0.2) is 4.79 Å². The molecule has 0 fully saturated rings. The SMILES string of the molecule is CN(CCc1cccs1)C(=O)c1cc(C(=O)O)on1. The minimum Gasteiger partial charge on any atom is -0.475 e. The van der Waals surface area contributed by atoms with Crippen LogP contribution in [0.15, 0.2) is 28.1 Å². The number of rotatable bonds is 5. The van der Waals surface area contributed by atoms with Crippen LogP contribution in [0.4, 0.5) is 0 Å². The molecule has 100 valence electrons. The molecule has 2 aromatic heterocycles. The van der Waals surface area contributed by atoms with Gasteiger partial charge >= 0.3 is 5.97 Å². The first kappa shape index (κ1) is 13.3. The average Bonchev–Trinajstić information content (AvgIpc) is 3.05. The first-order chi connectivity index (χ1) is 9.08. The van der Waals surface area contributed by atoms with Crippen molar-refractivity contribution in [3.63, 3.8) is 0 Å². The molecule has 0 aliphatic rings. The highest BCUT2D eigenvalue weighted by atomic mass is 32.1. The summed E-state index contributed by atoms with van der Waals surface area (Å²) in [6, 6.07) is 5.09. The maximum atomic E-state index is 12.0. The van der Waals surface area contributed by atoms with E-state index >= 15 is 0 Å². The fourth-order valence-electron chi connectivity index (χ4n) is 1.51. The minimum absolute atomic E-state index is 0.00563. The molecule has 0 atom stereocenters. The molecule has 0 aromatic carbocycles. The van der Waals surface area contributed by atoms with Gasteiger partial charge in [-0.2, -0.15) is 0 Å². The van der Waals surface area contributed by atoms with E-state index in [1.807, 2.05) is 17.5 Å². The van der Waals surface area contributed by atoms with Gasteiger partial charge in [0.1, 0.15) is 0 Å². The molecule has 0 spiro atoms. The molecule has 0 saturated carbocycles. The lowest BCUT2D eigenvalue weighted by Gasteiger charge is -2.14. The summed E-state index contributed by atoms with van der Waals surface area (Å²) in [5, 5.41) is 14.1. The largest absolute Gasteiger partial charge is 0.475 e. The summed E-state index contributed by atoms with van der Waals surface area (Å²) in [6.45, 7) is 0.536. The number of aromatic carboxylic acids is 1. The van der Waals surface area contributed by atoms with Gasteiger partial charge in [0.25, 0.3) is 5.91 Å².